The Balaban J connectivity index is 1.68. The Kier molecular flexibility index (Phi) is 6.28. The molecule has 1 aromatic heterocycles. The third-order valence-corrected chi connectivity index (χ3v) is 6.95. The summed E-state index contributed by atoms with van der Waals surface area (Å²) in [7, 11) is 0. The van der Waals surface area contributed by atoms with Crippen LogP contribution in [0.4, 0.5) is 11.4 Å². The molecule has 0 bridgehead atoms. The van der Waals surface area contributed by atoms with Crippen molar-refractivity contribution in [2.24, 2.45) is 11.0 Å². The second-order valence-electron chi connectivity index (χ2n) is 9.66. The lowest BCUT2D eigenvalue weighted by atomic mass is 9.78. The molecule has 2 heterocycles. The Morgan fingerprint density at radius 1 is 0.895 bits per heavy atom. The lowest BCUT2D eigenvalue weighted by Gasteiger charge is -2.23. The predicted octanol–water partition coefficient (Wildman–Crippen LogP) is 5.17. The van der Waals surface area contributed by atoms with E-state index in [1.165, 1.54) is 21.8 Å². The number of hydrogen-bond acceptors (Lipinski definition) is 5. The molecule has 2 atom stereocenters. The van der Waals surface area contributed by atoms with Gasteiger partial charge in [0.2, 0.25) is 0 Å². The number of nitro groups is 1. The van der Waals surface area contributed by atoms with Crippen LogP contribution in [-0.2, 0) is 4.79 Å². The van der Waals surface area contributed by atoms with E-state index in [0.29, 0.717) is 33.9 Å². The van der Waals surface area contributed by atoms with Crippen LogP contribution in [0.1, 0.15) is 40.8 Å². The van der Waals surface area contributed by atoms with Crippen molar-refractivity contribution in [3.63, 3.8) is 0 Å². The molecule has 1 amide bonds. The van der Waals surface area contributed by atoms with Crippen molar-refractivity contribution in [3.05, 3.63) is 121 Å². The molecule has 9 heteroatoms. The number of benzene rings is 3. The summed E-state index contributed by atoms with van der Waals surface area (Å²) in [6.45, 7) is 7.44. The van der Waals surface area contributed by atoms with Crippen molar-refractivity contribution in [1.82, 2.24) is 9.78 Å². The number of hydrazone groups is 1. The minimum atomic E-state index is -0.827. The van der Waals surface area contributed by atoms with Gasteiger partial charge in [0.05, 0.1) is 22.2 Å². The highest BCUT2D eigenvalue weighted by atomic mass is 16.6. The third kappa shape index (κ3) is 4.32. The van der Waals surface area contributed by atoms with Crippen LogP contribution >= 0.6 is 0 Å². The van der Waals surface area contributed by atoms with Gasteiger partial charge >= 0.3 is 0 Å². The van der Waals surface area contributed by atoms with Crippen LogP contribution in [0.3, 0.4) is 0 Å². The standard InChI is InChI=1S/C29H27N5O4/c1-17-8-12-22(13-9-17)32-28(35)25(19(3)30-32)27(21-6-5-7-24(16-21)34(37)38)26-20(4)31-33(29(26)36)23-14-10-18(2)11-15-23/h5-16,25,27,31H,1-4H3/t25-,27+/m1/s1. The number of non-ortho nitro benzene ring substituents is 1. The number of nitrogens with one attached hydrogen (secondary N) is 1. The van der Waals surface area contributed by atoms with Gasteiger partial charge in [-0.15, -0.1) is 0 Å². The van der Waals surface area contributed by atoms with Gasteiger partial charge in [0.15, 0.2) is 0 Å². The second-order valence-corrected chi connectivity index (χ2v) is 9.66. The van der Waals surface area contributed by atoms with Gasteiger partial charge in [-0.05, 0) is 57.5 Å². The van der Waals surface area contributed by atoms with E-state index in [0.717, 1.165) is 11.1 Å². The molecule has 1 N–H and O–H groups in total. The number of aryl methyl sites for hydroxylation is 3. The molecule has 0 spiro atoms. The van der Waals surface area contributed by atoms with Gasteiger partial charge in [0, 0.05) is 35.0 Å². The summed E-state index contributed by atoms with van der Waals surface area (Å²) >= 11 is 0. The van der Waals surface area contributed by atoms with E-state index in [9.17, 15) is 19.7 Å². The number of H-pyrrole nitrogens is 1. The van der Waals surface area contributed by atoms with Crippen LogP contribution < -0.4 is 10.6 Å². The molecule has 0 saturated carbocycles. The molecular formula is C29H27N5O4. The van der Waals surface area contributed by atoms with Gasteiger partial charge in [0.25, 0.3) is 17.2 Å². The molecule has 0 unspecified atom stereocenters. The molecule has 0 aliphatic carbocycles. The lowest BCUT2D eigenvalue weighted by molar-refractivity contribution is -0.384. The molecule has 4 aromatic rings. The largest absolute Gasteiger partial charge is 0.295 e. The van der Waals surface area contributed by atoms with Crippen molar-refractivity contribution in [1.29, 1.82) is 0 Å². The Morgan fingerprint density at radius 2 is 1.50 bits per heavy atom. The number of carbonyl (C=O) groups is 1. The van der Waals surface area contributed by atoms with E-state index < -0.39 is 16.8 Å². The zero-order valence-corrected chi connectivity index (χ0v) is 21.5. The van der Waals surface area contributed by atoms with Crippen molar-refractivity contribution >= 4 is 23.0 Å². The molecule has 9 nitrogen and oxygen atoms in total. The van der Waals surface area contributed by atoms with Crippen molar-refractivity contribution in [2.75, 3.05) is 5.01 Å². The first-order valence-electron chi connectivity index (χ1n) is 12.2. The van der Waals surface area contributed by atoms with E-state index in [1.54, 1.807) is 26.0 Å². The number of nitrogens with zero attached hydrogens (tertiary/aromatic N) is 4. The minimum absolute atomic E-state index is 0.116. The fraction of sp³-hybridized carbons (Fsp3) is 0.207. The van der Waals surface area contributed by atoms with Crippen LogP contribution in [0.2, 0.25) is 0 Å². The van der Waals surface area contributed by atoms with Crippen LogP contribution in [-0.4, -0.2) is 26.3 Å². The van der Waals surface area contributed by atoms with Crippen LogP contribution in [0.25, 0.3) is 5.69 Å². The summed E-state index contributed by atoms with van der Waals surface area (Å²) in [5.41, 5.74) is 4.88. The topological polar surface area (TPSA) is 114 Å². The van der Waals surface area contributed by atoms with E-state index in [-0.39, 0.29) is 17.2 Å². The molecule has 38 heavy (non-hydrogen) atoms. The average Bonchev–Trinajstić information content (AvgIpc) is 3.36. The monoisotopic (exact) mass is 509 g/mol. The number of nitro benzene ring substituents is 1. The normalized spacial score (nSPS) is 16.0. The predicted molar refractivity (Wildman–Crippen MR) is 146 cm³/mol. The second kappa shape index (κ2) is 9.59. The molecule has 0 radical (unpaired) electrons. The Labute approximate surface area is 219 Å². The van der Waals surface area contributed by atoms with Crippen molar-refractivity contribution in [2.45, 2.75) is 33.6 Å². The number of hydrogen-bond donors (Lipinski definition) is 1. The highest BCUT2D eigenvalue weighted by Gasteiger charge is 2.44. The number of rotatable bonds is 6. The summed E-state index contributed by atoms with van der Waals surface area (Å²) in [4.78, 5) is 38.9. The van der Waals surface area contributed by atoms with Gasteiger partial charge < -0.3 is 0 Å². The molecule has 5 rings (SSSR count). The molecular weight excluding hydrogens is 482 g/mol. The smallest absolute Gasteiger partial charge is 0.275 e. The maximum Gasteiger partial charge on any atom is 0.275 e. The molecule has 0 fully saturated rings. The Morgan fingerprint density at radius 3 is 2.11 bits per heavy atom. The first kappa shape index (κ1) is 24.9. The zero-order chi connectivity index (χ0) is 27.1. The minimum Gasteiger partial charge on any atom is -0.295 e. The Bertz CT molecular complexity index is 1630. The highest BCUT2D eigenvalue weighted by Crippen LogP contribution is 2.39. The zero-order valence-electron chi connectivity index (χ0n) is 21.5. The van der Waals surface area contributed by atoms with E-state index >= 15 is 0 Å². The van der Waals surface area contributed by atoms with Crippen molar-refractivity contribution in [3.8, 4) is 5.69 Å². The summed E-state index contributed by atoms with van der Waals surface area (Å²) in [6, 6.07) is 21.0. The fourth-order valence-corrected chi connectivity index (χ4v) is 4.99. The van der Waals surface area contributed by atoms with Gasteiger partial charge in [0.1, 0.15) is 0 Å². The number of anilines is 1. The average molecular weight is 510 g/mol. The van der Waals surface area contributed by atoms with Crippen LogP contribution in [0.5, 0.6) is 0 Å². The number of carbonyl (C=O) groups excluding carboxylic acids is 1. The maximum absolute atomic E-state index is 13.9. The van der Waals surface area contributed by atoms with Crippen LogP contribution in [0.15, 0.2) is 82.7 Å². The van der Waals surface area contributed by atoms with Gasteiger partial charge in [-0.3, -0.25) is 24.8 Å². The maximum atomic E-state index is 13.9. The first-order chi connectivity index (χ1) is 18.2. The van der Waals surface area contributed by atoms with Gasteiger partial charge in [-0.1, -0.05) is 47.5 Å². The highest BCUT2D eigenvalue weighted by molar-refractivity contribution is 6.15. The van der Waals surface area contributed by atoms with Crippen molar-refractivity contribution < 1.29 is 9.72 Å². The van der Waals surface area contributed by atoms with Gasteiger partial charge in [-0.2, -0.15) is 5.10 Å². The summed E-state index contributed by atoms with van der Waals surface area (Å²) in [6.07, 6.45) is 0. The summed E-state index contributed by atoms with van der Waals surface area (Å²) < 4.78 is 1.44. The number of amides is 1. The molecule has 1 aliphatic rings. The Hall–Kier alpha value is -4.79. The molecule has 1 aliphatic heterocycles. The SMILES string of the molecule is CC1=NN(c2ccc(C)cc2)C(=O)[C@H]1[C@H](c1cccc([N+](=O)[O-])c1)c1c(C)[nH]n(-c2ccc(C)cc2)c1=O. The number of aromatic nitrogens is 2. The van der Waals surface area contributed by atoms with Crippen LogP contribution in [0, 0.1) is 36.8 Å². The summed E-state index contributed by atoms with van der Waals surface area (Å²) in [5, 5.41) is 20.7. The van der Waals surface area contributed by atoms with E-state index in [4.69, 9.17) is 0 Å². The summed E-state index contributed by atoms with van der Waals surface area (Å²) in [5.74, 6) is -1.92. The fourth-order valence-electron chi connectivity index (χ4n) is 4.99. The lowest BCUT2D eigenvalue weighted by Crippen LogP contribution is -2.34. The molecule has 192 valence electrons. The molecule has 0 saturated heterocycles. The van der Waals surface area contributed by atoms with E-state index in [1.807, 2.05) is 62.4 Å². The van der Waals surface area contributed by atoms with Gasteiger partial charge in [-0.25, -0.2) is 9.69 Å². The quantitative estimate of drug-likeness (QED) is 0.285. The molecule has 3 aromatic carbocycles. The van der Waals surface area contributed by atoms with E-state index in [2.05, 4.69) is 10.2 Å². The third-order valence-electron chi connectivity index (χ3n) is 6.95. The first-order valence-corrected chi connectivity index (χ1v) is 12.2. The number of aromatic amines is 1.